The fraction of sp³-hybridized carbons (Fsp3) is 0.273. The second-order valence-corrected chi connectivity index (χ2v) is 3.61. The summed E-state index contributed by atoms with van der Waals surface area (Å²) >= 11 is 6.13. The summed E-state index contributed by atoms with van der Waals surface area (Å²) < 4.78 is 7.27. The molecule has 4 nitrogen and oxygen atoms in total. The highest BCUT2D eigenvalue weighted by Gasteiger charge is 2.16. The first-order chi connectivity index (χ1) is 7.83. The van der Waals surface area contributed by atoms with Gasteiger partial charge in [0.05, 0.1) is 0 Å². The van der Waals surface area contributed by atoms with Crippen molar-refractivity contribution in [2.24, 2.45) is 0 Å². The minimum absolute atomic E-state index is 0.318. The van der Waals surface area contributed by atoms with E-state index < -0.39 is 0 Å². The van der Waals surface area contributed by atoms with Gasteiger partial charge < -0.3 is 4.74 Å². The molecular formula is C11H12ClN3O. The van der Waals surface area contributed by atoms with Crippen molar-refractivity contribution < 1.29 is 4.74 Å². The SMILES string of the molecule is CCOC(c1ccccc1Cl)n1cncn1. The zero-order chi connectivity index (χ0) is 11.4. The van der Waals surface area contributed by atoms with Crippen molar-refractivity contribution in [3.05, 3.63) is 47.5 Å². The molecule has 0 aliphatic rings. The highest BCUT2D eigenvalue weighted by atomic mass is 35.5. The van der Waals surface area contributed by atoms with Crippen molar-refractivity contribution in [1.29, 1.82) is 0 Å². The van der Waals surface area contributed by atoms with Crippen LogP contribution in [0.3, 0.4) is 0 Å². The third-order valence-corrected chi connectivity index (χ3v) is 2.52. The van der Waals surface area contributed by atoms with E-state index in [0.29, 0.717) is 11.6 Å². The number of nitrogens with zero attached hydrogens (tertiary/aromatic N) is 3. The monoisotopic (exact) mass is 237 g/mol. The Labute approximate surface area is 98.8 Å². The van der Waals surface area contributed by atoms with E-state index in [2.05, 4.69) is 10.1 Å². The first-order valence-electron chi connectivity index (χ1n) is 5.03. The molecule has 2 aromatic rings. The maximum Gasteiger partial charge on any atom is 0.179 e. The third-order valence-electron chi connectivity index (χ3n) is 2.17. The molecule has 1 aromatic heterocycles. The Bertz CT molecular complexity index is 444. The van der Waals surface area contributed by atoms with Crippen LogP contribution in [-0.4, -0.2) is 21.4 Å². The van der Waals surface area contributed by atoms with Crippen LogP contribution in [0.15, 0.2) is 36.9 Å². The molecule has 2 rings (SSSR count). The van der Waals surface area contributed by atoms with E-state index in [0.717, 1.165) is 5.56 Å². The normalized spacial score (nSPS) is 12.6. The van der Waals surface area contributed by atoms with Gasteiger partial charge in [-0.05, 0) is 13.0 Å². The predicted octanol–water partition coefficient (Wildman–Crippen LogP) is 2.51. The molecule has 0 N–H and O–H groups in total. The topological polar surface area (TPSA) is 39.9 Å². The number of aromatic nitrogens is 3. The molecule has 0 amide bonds. The zero-order valence-corrected chi connectivity index (χ0v) is 9.63. The van der Waals surface area contributed by atoms with Crippen molar-refractivity contribution in [2.75, 3.05) is 6.61 Å². The lowest BCUT2D eigenvalue weighted by Crippen LogP contribution is -2.15. The van der Waals surface area contributed by atoms with Crippen molar-refractivity contribution in [2.45, 2.75) is 13.2 Å². The minimum Gasteiger partial charge on any atom is -0.352 e. The molecule has 0 radical (unpaired) electrons. The molecule has 0 spiro atoms. The molecule has 5 heteroatoms. The minimum atomic E-state index is -0.318. The molecule has 0 aliphatic heterocycles. The van der Waals surface area contributed by atoms with Crippen LogP contribution in [0.2, 0.25) is 5.02 Å². The van der Waals surface area contributed by atoms with Crippen LogP contribution in [0.4, 0.5) is 0 Å². The lowest BCUT2D eigenvalue weighted by atomic mass is 10.2. The van der Waals surface area contributed by atoms with Crippen LogP contribution >= 0.6 is 11.6 Å². The lowest BCUT2D eigenvalue weighted by Gasteiger charge is -2.18. The summed E-state index contributed by atoms with van der Waals surface area (Å²) in [4.78, 5) is 3.91. The summed E-state index contributed by atoms with van der Waals surface area (Å²) in [5, 5.41) is 4.74. The van der Waals surface area contributed by atoms with Gasteiger partial charge in [0.2, 0.25) is 0 Å². The summed E-state index contributed by atoms with van der Waals surface area (Å²) in [5.41, 5.74) is 0.886. The van der Waals surface area contributed by atoms with Gasteiger partial charge in [-0.15, -0.1) is 0 Å². The van der Waals surface area contributed by atoms with Gasteiger partial charge in [0, 0.05) is 17.2 Å². The van der Waals surface area contributed by atoms with Gasteiger partial charge in [-0.3, -0.25) is 0 Å². The molecule has 1 aromatic carbocycles. The van der Waals surface area contributed by atoms with Crippen molar-refractivity contribution in [1.82, 2.24) is 14.8 Å². The van der Waals surface area contributed by atoms with Gasteiger partial charge in [0.25, 0.3) is 0 Å². The van der Waals surface area contributed by atoms with E-state index in [-0.39, 0.29) is 6.23 Å². The fourth-order valence-electron chi connectivity index (χ4n) is 1.48. The number of benzene rings is 1. The average Bonchev–Trinajstić information content (AvgIpc) is 2.80. The molecule has 0 fully saturated rings. The standard InChI is InChI=1S/C11H12ClN3O/c1-2-16-11(15-8-13-7-14-15)9-5-3-4-6-10(9)12/h3-8,11H,2H2,1H3. The summed E-state index contributed by atoms with van der Waals surface area (Å²) in [7, 11) is 0. The number of halogens is 1. The number of hydrogen-bond donors (Lipinski definition) is 0. The third kappa shape index (κ3) is 2.23. The predicted molar refractivity (Wildman–Crippen MR) is 61.2 cm³/mol. The number of hydrogen-bond acceptors (Lipinski definition) is 3. The molecule has 1 unspecified atom stereocenters. The van der Waals surface area contributed by atoms with Crippen molar-refractivity contribution in [3.63, 3.8) is 0 Å². The molecule has 0 saturated carbocycles. The summed E-state index contributed by atoms with van der Waals surface area (Å²) in [6.45, 7) is 2.51. The van der Waals surface area contributed by atoms with E-state index in [1.807, 2.05) is 31.2 Å². The number of ether oxygens (including phenoxy) is 1. The lowest BCUT2D eigenvalue weighted by molar-refractivity contribution is 0.0320. The molecular weight excluding hydrogens is 226 g/mol. The van der Waals surface area contributed by atoms with Crippen LogP contribution in [0.25, 0.3) is 0 Å². The highest BCUT2D eigenvalue weighted by Crippen LogP contribution is 2.25. The Hall–Kier alpha value is -1.39. The molecule has 0 saturated heterocycles. The molecule has 1 heterocycles. The Morgan fingerprint density at radius 1 is 1.44 bits per heavy atom. The summed E-state index contributed by atoms with van der Waals surface area (Å²) in [5.74, 6) is 0. The van der Waals surface area contributed by atoms with Crippen molar-refractivity contribution in [3.8, 4) is 0 Å². The van der Waals surface area contributed by atoms with Gasteiger partial charge in [0.1, 0.15) is 12.7 Å². The van der Waals surface area contributed by atoms with E-state index in [1.165, 1.54) is 6.33 Å². The Morgan fingerprint density at radius 2 is 2.25 bits per heavy atom. The van der Waals surface area contributed by atoms with Crippen LogP contribution in [0, 0.1) is 0 Å². The Balaban J connectivity index is 2.37. The second-order valence-electron chi connectivity index (χ2n) is 3.20. The van der Waals surface area contributed by atoms with E-state index in [1.54, 1.807) is 11.0 Å². The smallest absolute Gasteiger partial charge is 0.179 e. The molecule has 0 aliphatic carbocycles. The van der Waals surface area contributed by atoms with Crippen LogP contribution in [-0.2, 0) is 4.74 Å². The van der Waals surface area contributed by atoms with E-state index >= 15 is 0 Å². The summed E-state index contributed by atoms with van der Waals surface area (Å²) in [6.07, 6.45) is 2.77. The van der Waals surface area contributed by atoms with Gasteiger partial charge in [-0.25, -0.2) is 9.67 Å². The van der Waals surface area contributed by atoms with Gasteiger partial charge in [-0.2, -0.15) is 5.10 Å². The van der Waals surface area contributed by atoms with Crippen LogP contribution in [0.1, 0.15) is 18.7 Å². The van der Waals surface area contributed by atoms with Crippen molar-refractivity contribution >= 4 is 11.6 Å². The van der Waals surface area contributed by atoms with E-state index in [4.69, 9.17) is 16.3 Å². The second kappa shape index (κ2) is 5.09. The summed E-state index contributed by atoms with van der Waals surface area (Å²) in [6, 6.07) is 7.56. The largest absolute Gasteiger partial charge is 0.352 e. The highest BCUT2D eigenvalue weighted by molar-refractivity contribution is 6.31. The Kier molecular flexibility index (Phi) is 3.54. The number of rotatable bonds is 4. The van der Waals surface area contributed by atoms with Gasteiger partial charge >= 0.3 is 0 Å². The molecule has 84 valence electrons. The van der Waals surface area contributed by atoms with Crippen LogP contribution < -0.4 is 0 Å². The average molecular weight is 238 g/mol. The van der Waals surface area contributed by atoms with Gasteiger partial charge in [0.15, 0.2) is 6.23 Å². The van der Waals surface area contributed by atoms with E-state index in [9.17, 15) is 0 Å². The van der Waals surface area contributed by atoms with Crippen LogP contribution in [0.5, 0.6) is 0 Å². The first kappa shape index (κ1) is 11.1. The maximum absolute atomic E-state index is 6.13. The first-order valence-corrected chi connectivity index (χ1v) is 5.41. The van der Waals surface area contributed by atoms with Gasteiger partial charge in [-0.1, -0.05) is 29.8 Å². The Morgan fingerprint density at radius 3 is 2.88 bits per heavy atom. The fourth-order valence-corrected chi connectivity index (χ4v) is 1.71. The quantitative estimate of drug-likeness (QED) is 0.820. The zero-order valence-electron chi connectivity index (χ0n) is 8.88. The molecule has 0 bridgehead atoms. The maximum atomic E-state index is 6.13. The molecule has 16 heavy (non-hydrogen) atoms. The molecule has 1 atom stereocenters.